The Morgan fingerprint density at radius 2 is 1.93 bits per heavy atom. The van der Waals surface area contributed by atoms with Crippen molar-refractivity contribution in [3.63, 3.8) is 0 Å². The third kappa shape index (κ3) is 3.03. The maximum Gasteiger partial charge on any atom is 0.256 e. The second-order valence-corrected chi connectivity index (χ2v) is 6.81. The molecule has 1 amide bonds. The molecule has 0 saturated heterocycles. The molecule has 2 aromatic carbocycles. The van der Waals surface area contributed by atoms with E-state index in [1.807, 2.05) is 12.1 Å². The number of benzene rings is 2. The van der Waals surface area contributed by atoms with Gasteiger partial charge in [0.1, 0.15) is 5.82 Å². The van der Waals surface area contributed by atoms with Gasteiger partial charge in [-0.05, 0) is 54.8 Å². The number of anilines is 3. The van der Waals surface area contributed by atoms with Gasteiger partial charge in [-0.3, -0.25) is 4.79 Å². The number of carbonyl (C=O) groups excluding carboxylic acids is 1. The fourth-order valence-electron chi connectivity index (χ4n) is 3.65. The van der Waals surface area contributed by atoms with Gasteiger partial charge in [-0.25, -0.2) is 4.98 Å². The van der Waals surface area contributed by atoms with E-state index < -0.39 is 0 Å². The number of ether oxygens (including phenoxy) is 2. The Morgan fingerprint density at radius 1 is 1.04 bits per heavy atom. The molecule has 0 atom stereocenters. The molecule has 3 heterocycles. The normalized spacial score (nSPS) is 14.5. The Balaban J connectivity index is 1.33. The summed E-state index contributed by atoms with van der Waals surface area (Å²) in [4.78, 5) is 19.2. The quantitative estimate of drug-likeness (QED) is 0.747. The van der Waals surface area contributed by atoms with Gasteiger partial charge in [0.25, 0.3) is 5.91 Å². The van der Waals surface area contributed by atoms with Crippen molar-refractivity contribution in [1.29, 1.82) is 0 Å². The van der Waals surface area contributed by atoms with E-state index in [-0.39, 0.29) is 12.7 Å². The van der Waals surface area contributed by atoms with Gasteiger partial charge in [-0.2, -0.15) is 0 Å². The van der Waals surface area contributed by atoms with Gasteiger partial charge in [0.2, 0.25) is 6.79 Å². The molecule has 0 radical (unpaired) electrons. The molecule has 0 spiro atoms. The molecule has 0 saturated carbocycles. The van der Waals surface area contributed by atoms with Crippen molar-refractivity contribution in [2.75, 3.05) is 23.6 Å². The van der Waals surface area contributed by atoms with Gasteiger partial charge >= 0.3 is 0 Å². The van der Waals surface area contributed by atoms with Crippen molar-refractivity contribution < 1.29 is 14.3 Å². The summed E-state index contributed by atoms with van der Waals surface area (Å²) in [5.74, 6) is 1.51. The van der Waals surface area contributed by atoms with Gasteiger partial charge in [0, 0.05) is 17.8 Å². The van der Waals surface area contributed by atoms with Crippen molar-refractivity contribution in [1.82, 2.24) is 4.98 Å². The predicted molar refractivity (Wildman–Crippen MR) is 107 cm³/mol. The average Bonchev–Trinajstić information content (AvgIpc) is 3.22. The second kappa shape index (κ2) is 6.88. The number of nitrogens with zero attached hydrogens (tertiary/aromatic N) is 2. The summed E-state index contributed by atoms with van der Waals surface area (Å²) < 4.78 is 10.6. The minimum atomic E-state index is -0.234. The summed E-state index contributed by atoms with van der Waals surface area (Å²) in [5.41, 5.74) is 4.11. The first-order valence-corrected chi connectivity index (χ1v) is 9.30. The summed E-state index contributed by atoms with van der Waals surface area (Å²) in [6, 6.07) is 17.4. The van der Waals surface area contributed by atoms with Crippen LogP contribution in [0.1, 0.15) is 22.3 Å². The summed E-state index contributed by atoms with van der Waals surface area (Å²) in [7, 11) is 0. The standard InChI is InChI=1S/C22H19N3O3/c26-22(16-7-9-19-20(12-16)28-14-27-19)24-21-10-8-17(13-23-21)25-11-3-5-15-4-1-2-6-18(15)25/h1-2,4,6-10,12-13H,3,5,11,14H2,(H,23,24,26). The fraction of sp³-hybridized carbons (Fsp3) is 0.182. The second-order valence-electron chi connectivity index (χ2n) is 6.81. The van der Waals surface area contributed by atoms with Crippen LogP contribution in [0.3, 0.4) is 0 Å². The summed E-state index contributed by atoms with van der Waals surface area (Å²) in [6.07, 6.45) is 4.01. The molecule has 0 fully saturated rings. The monoisotopic (exact) mass is 373 g/mol. The molecule has 2 aliphatic rings. The highest BCUT2D eigenvalue weighted by Gasteiger charge is 2.19. The molecule has 2 aliphatic heterocycles. The largest absolute Gasteiger partial charge is 0.454 e. The maximum absolute atomic E-state index is 12.5. The summed E-state index contributed by atoms with van der Waals surface area (Å²) in [6.45, 7) is 1.14. The number of para-hydroxylation sites is 1. The van der Waals surface area contributed by atoms with Crippen LogP contribution in [-0.2, 0) is 6.42 Å². The minimum absolute atomic E-state index is 0.184. The molecule has 0 aliphatic carbocycles. The zero-order valence-electron chi connectivity index (χ0n) is 15.2. The number of rotatable bonds is 3. The molecular formula is C22H19N3O3. The molecule has 0 unspecified atom stereocenters. The van der Waals surface area contributed by atoms with Gasteiger partial charge < -0.3 is 19.7 Å². The lowest BCUT2D eigenvalue weighted by atomic mass is 10.0. The van der Waals surface area contributed by atoms with Gasteiger partial charge in [0.05, 0.1) is 11.9 Å². The molecule has 6 heteroatoms. The zero-order valence-corrected chi connectivity index (χ0v) is 15.2. The molecule has 1 aromatic heterocycles. The highest BCUT2D eigenvalue weighted by Crippen LogP contribution is 2.34. The predicted octanol–water partition coefficient (Wildman–Crippen LogP) is 4.15. The first-order chi connectivity index (χ1) is 13.8. The van der Waals surface area contributed by atoms with Gasteiger partial charge in [0.15, 0.2) is 11.5 Å². The van der Waals surface area contributed by atoms with Gasteiger partial charge in [-0.15, -0.1) is 0 Å². The maximum atomic E-state index is 12.5. The highest BCUT2D eigenvalue weighted by molar-refractivity contribution is 6.04. The van der Waals surface area contributed by atoms with Crippen LogP contribution in [0.15, 0.2) is 60.8 Å². The number of hydrogen-bond donors (Lipinski definition) is 1. The smallest absolute Gasteiger partial charge is 0.256 e. The lowest BCUT2D eigenvalue weighted by Gasteiger charge is -2.31. The van der Waals surface area contributed by atoms with Crippen molar-refractivity contribution in [3.05, 3.63) is 71.9 Å². The zero-order chi connectivity index (χ0) is 18.9. The number of pyridine rings is 1. The fourth-order valence-corrected chi connectivity index (χ4v) is 3.65. The third-order valence-corrected chi connectivity index (χ3v) is 5.05. The van der Waals surface area contributed by atoms with E-state index in [9.17, 15) is 4.79 Å². The van der Waals surface area contributed by atoms with E-state index in [0.29, 0.717) is 22.9 Å². The van der Waals surface area contributed by atoms with Crippen molar-refractivity contribution >= 4 is 23.1 Å². The molecule has 1 N–H and O–H groups in total. The van der Waals surface area contributed by atoms with E-state index in [1.165, 1.54) is 11.3 Å². The van der Waals surface area contributed by atoms with E-state index >= 15 is 0 Å². The van der Waals surface area contributed by atoms with Crippen LogP contribution < -0.4 is 19.7 Å². The Bertz CT molecular complexity index is 1030. The van der Waals surface area contributed by atoms with Crippen LogP contribution in [0.2, 0.25) is 0 Å². The first kappa shape index (κ1) is 16.6. The lowest BCUT2D eigenvalue weighted by molar-refractivity contribution is 0.102. The topological polar surface area (TPSA) is 63.7 Å². The molecule has 28 heavy (non-hydrogen) atoms. The SMILES string of the molecule is O=C(Nc1ccc(N2CCCc3ccccc32)cn1)c1ccc2c(c1)OCO2. The highest BCUT2D eigenvalue weighted by atomic mass is 16.7. The third-order valence-electron chi connectivity index (χ3n) is 5.05. The van der Waals surface area contributed by atoms with Crippen molar-refractivity contribution in [3.8, 4) is 11.5 Å². The molecule has 6 nitrogen and oxygen atoms in total. The number of nitrogens with one attached hydrogen (secondary N) is 1. The van der Waals surface area contributed by atoms with Crippen LogP contribution in [-0.4, -0.2) is 24.2 Å². The van der Waals surface area contributed by atoms with E-state index in [1.54, 1.807) is 24.4 Å². The number of hydrogen-bond acceptors (Lipinski definition) is 5. The van der Waals surface area contributed by atoms with Crippen LogP contribution >= 0.6 is 0 Å². The molecule has 3 aromatic rings. The Kier molecular flexibility index (Phi) is 4.09. The molecule has 0 bridgehead atoms. The number of aryl methyl sites for hydroxylation is 1. The number of aromatic nitrogens is 1. The Labute approximate surface area is 162 Å². The molecule has 5 rings (SSSR count). The van der Waals surface area contributed by atoms with Crippen LogP contribution in [0.25, 0.3) is 0 Å². The molecular weight excluding hydrogens is 354 g/mol. The summed E-state index contributed by atoms with van der Waals surface area (Å²) in [5, 5.41) is 2.83. The number of fused-ring (bicyclic) bond motifs is 2. The van der Waals surface area contributed by atoms with E-state index in [4.69, 9.17) is 9.47 Å². The average molecular weight is 373 g/mol. The first-order valence-electron chi connectivity index (χ1n) is 9.30. The van der Waals surface area contributed by atoms with E-state index in [0.717, 1.165) is 25.1 Å². The minimum Gasteiger partial charge on any atom is -0.454 e. The van der Waals surface area contributed by atoms with Crippen LogP contribution in [0.4, 0.5) is 17.2 Å². The number of carbonyl (C=O) groups is 1. The number of amides is 1. The lowest BCUT2D eigenvalue weighted by Crippen LogP contribution is -2.24. The Hall–Kier alpha value is -3.54. The van der Waals surface area contributed by atoms with Gasteiger partial charge in [-0.1, -0.05) is 18.2 Å². The van der Waals surface area contributed by atoms with Crippen molar-refractivity contribution in [2.45, 2.75) is 12.8 Å². The van der Waals surface area contributed by atoms with E-state index in [2.05, 4.69) is 39.5 Å². The molecule has 140 valence electrons. The Morgan fingerprint density at radius 3 is 2.82 bits per heavy atom. The summed E-state index contributed by atoms with van der Waals surface area (Å²) >= 11 is 0. The van der Waals surface area contributed by atoms with Crippen molar-refractivity contribution in [2.24, 2.45) is 0 Å². The van der Waals surface area contributed by atoms with Crippen LogP contribution in [0, 0.1) is 0 Å². The van der Waals surface area contributed by atoms with Crippen LogP contribution in [0.5, 0.6) is 11.5 Å².